The summed E-state index contributed by atoms with van der Waals surface area (Å²) < 4.78 is 5.66. The minimum Gasteiger partial charge on any atom is -0.381 e. The molecule has 1 amide bonds. The van der Waals surface area contributed by atoms with E-state index in [9.17, 15) is 4.79 Å². The Morgan fingerprint density at radius 1 is 1.17 bits per heavy atom. The van der Waals surface area contributed by atoms with E-state index in [0.29, 0.717) is 24.3 Å². The van der Waals surface area contributed by atoms with Crippen LogP contribution in [0.2, 0.25) is 5.02 Å². The Bertz CT molecular complexity index is 622. The average Bonchev–Trinajstić information content (AvgIpc) is 2.73. The van der Waals surface area contributed by atoms with E-state index < -0.39 is 0 Å². The maximum Gasteiger partial charge on any atom is 0.220 e. The van der Waals surface area contributed by atoms with Crippen LogP contribution in [0.25, 0.3) is 0 Å². The Kier molecular flexibility index (Phi) is 9.29. The van der Waals surface area contributed by atoms with Crippen molar-refractivity contribution in [1.29, 1.82) is 0 Å². The number of likely N-dealkylation sites (tertiary alicyclic amines) is 1. The van der Waals surface area contributed by atoms with Crippen molar-refractivity contribution in [2.45, 2.75) is 64.3 Å². The second kappa shape index (κ2) is 11.9. The number of nitrogens with zero attached hydrogens (tertiary/aromatic N) is 1. The zero-order valence-corrected chi connectivity index (χ0v) is 18.6. The van der Waals surface area contributed by atoms with Crippen molar-refractivity contribution in [1.82, 2.24) is 10.2 Å². The van der Waals surface area contributed by atoms with Crippen molar-refractivity contribution in [3.05, 3.63) is 34.9 Å². The van der Waals surface area contributed by atoms with Gasteiger partial charge in [0.2, 0.25) is 5.91 Å². The van der Waals surface area contributed by atoms with Crippen LogP contribution in [0.5, 0.6) is 0 Å². The summed E-state index contributed by atoms with van der Waals surface area (Å²) in [7, 11) is 0. The molecule has 1 saturated carbocycles. The van der Waals surface area contributed by atoms with E-state index in [1.165, 1.54) is 44.2 Å². The Labute approximate surface area is 181 Å². The van der Waals surface area contributed by atoms with Gasteiger partial charge in [0, 0.05) is 37.2 Å². The Morgan fingerprint density at radius 2 is 1.97 bits per heavy atom. The molecule has 3 rings (SSSR count). The molecule has 0 spiro atoms. The second-order valence-electron chi connectivity index (χ2n) is 8.77. The second-order valence-corrected chi connectivity index (χ2v) is 9.21. The van der Waals surface area contributed by atoms with Crippen molar-refractivity contribution in [2.24, 2.45) is 11.8 Å². The predicted molar refractivity (Wildman–Crippen MR) is 119 cm³/mol. The van der Waals surface area contributed by atoms with Crippen LogP contribution < -0.4 is 5.32 Å². The molecule has 5 heteroatoms. The van der Waals surface area contributed by atoms with Gasteiger partial charge in [-0.05, 0) is 75.1 Å². The van der Waals surface area contributed by atoms with Gasteiger partial charge in [0.15, 0.2) is 0 Å². The molecule has 29 heavy (non-hydrogen) atoms. The Morgan fingerprint density at radius 3 is 2.76 bits per heavy atom. The number of benzene rings is 1. The SMILES string of the molecule is CCOCC1CCCN(C[C@@H]2CCCC[C@H]2NC(=O)CCc2ccc(Cl)cc2)C1. The topological polar surface area (TPSA) is 41.6 Å². The minimum absolute atomic E-state index is 0.185. The number of rotatable bonds is 9. The number of nitrogens with one attached hydrogen (secondary N) is 1. The molecule has 0 aromatic heterocycles. The molecular formula is C24H37ClN2O2. The maximum absolute atomic E-state index is 12.6. The molecule has 0 bridgehead atoms. The third-order valence-corrected chi connectivity index (χ3v) is 6.71. The standard InChI is InChI=1S/C24H37ClN2O2/c1-2-29-18-20-6-5-15-27(16-20)17-21-7-3-4-8-23(21)26-24(28)14-11-19-9-12-22(25)13-10-19/h9-10,12-13,20-21,23H,2-8,11,14-18H2,1H3,(H,26,28)/t20?,21-,23+/m0/s1. The number of piperidine rings is 1. The molecule has 1 aromatic rings. The van der Waals surface area contributed by atoms with Crippen molar-refractivity contribution >= 4 is 17.5 Å². The van der Waals surface area contributed by atoms with E-state index >= 15 is 0 Å². The highest BCUT2D eigenvalue weighted by Crippen LogP contribution is 2.27. The molecule has 1 saturated heterocycles. The Hall–Kier alpha value is -1.10. The van der Waals surface area contributed by atoms with Crippen molar-refractivity contribution < 1.29 is 9.53 Å². The van der Waals surface area contributed by atoms with Gasteiger partial charge in [0.25, 0.3) is 0 Å². The van der Waals surface area contributed by atoms with E-state index in [2.05, 4.69) is 17.1 Å². The number of carbonyl (C=O) groups excluding carboxylic acids is 1. The normalized spacial score (nSPS) is 25.7. The van der Waals surface area contributed by atoms with E-state index in [1.807, 2.05) is 24.3 Å². The lowest BCUT2D eigenvalue weighted by Gasteiger charge is -2.39. The van der Waals surface area contributed by atoms with Gasteiger partial charge < -0.3 is 15.0 Å². The molecule has 162 valence electrons. The molecule has 1 aliphatic carbocycles. The number of amides is 1. The van der Waals surface area contributed by atoms with Crippen molar-refractivity contribution in [3.8, 4) is 0 Å². The smallest absolute Gasteiger partial charge is 0.220 e. The Balaban J connectivity index is 1.46. The van der Waals surface area contributed by atoms with Gasteiger partial charge in [-0.15, -0.1) is 0 Å². The van der Waals surface area contributed by atoms with E-state index in [1.54, 1.807) is 0 Å². The predicted octanol–water partition coefficient (Wildman–Crippen LogP) is 4.70. The van der Waals surface area contributed by atoms with Gasteiger partial charge in [-0.25, -0.2) is 0 Å². The van der Waals surface area contributed by atoms with Crippen LogP contribution in [0.15, 0.2) is 24.3 Å². The largest absolute Gasteiger partial charge is 0.381 e. The van der Waals surface area contributed by atoms with Gasteiger partial charge in [-0.3, -0.25) is 4.79 Å². The third kappa shape index (κ3) is 7.58. The summed E-state index contributed by atoms with van der Waals surface area (Å²) in [4.78, 5) is 15.2. The number of ether oxygens (including phenoxy) is 1. The first kappa shape index (κ1) is 22.6. The molecule has 3 atom stereocenters. The fraction of sp³-hybridized carbons (Fsp3) is 0.708. The lowest BCUT2D eigenvalue weighted by Crippen LogP contribution is -2.48. The first-order chi connectivity index (χ1) is 14.1. The van der Waals surface area contributed by atoms with Crippen molar-refractivity contribution in [3.63, 3.8) is 0 Å². The molecule has 2 aliphatic rings. The summed E-state index contributed by atoms with van der Waals surface area (Å²) in [6.07, 6.45) is 8.73. The van der Waals surface area contributed by atoms with Gasteiger partial charge in [-0.2, -0.15) is 0 Å². The molecule has 2 fully saturated rings. The lowest BCUT2D eigenvalue weighted by molar-refractivity contribution is -0.122. The zero-order chi connectivity index (χ0) is 20.5. The number of aryl methyl sites for hydroxylation is 1. The highest BCUT2D eigenvalue weighted by molar-refractivity contribution is 6.30. The zero-order valence-electron chi connectivity index (χ0n) is 17.9. The molecule has 4 nitrogen and oxygen atoms in total. The monoisotopic (exact) mass is 420 g/mol. The first-order valence-electron chi connectivity index (χ1n) is 11.5. The number of hydrogen-bond donors (Lipinski definition) is 1. The van der Waals surface area contributed by atoms with Crippen LogP contribution >= 0.6 is 11.6 Å². The molecule has 1 heterocycles. The summed E-state index contributed by atoms with van der Waals surface area (Å²) in [6, 6.07) is 8.13. The molecule has 1 aliphatic heterocycles. The summed E-state index contributed by atoms with van der Waals surface area (Å²) in [5.74, 6) is 1.43. The van der Waals surface area contributed by atoms with Crippen LogP contribution in [0, 0.1) is 11.8 Å². The van der Waals surface area contributed by atoms with Gasteiger partial charge >= 0.3 is 0 Å². The van der Waals surface area contributed by atoms with Crippen molar-refractivity contribution in [2.75, 3.05) is 32.8 Å². The third-order valence-electron chi connectivity index (χ3n) is 6.46. The number of carbonyl (C=O) groups is 1. The lowest BCUT2D eigenvalue weighted by atomic mass is 9.83. The van der Waals surface area contributed by atoms with Gasteiger partial charge in [0.1, 0.15) is 0 Å². The fourth-order valence-corrected chi connectivity index (χ4v) is 5.00. The fourth-order valence-electron chi connectivity index (χ4n) is 4.87. The number of halogens is 1. The minimum atomic E-state index is 0.185. The van der Waals surface area contributed by atoms with E-state index in [4.69, 9.17) is 16.3 Å². The summed E-state index contributed by atoms with van der Waals surface area (Å²) in [5.41, 5.74) is 1.17. The molecule has 1 aromatic carbocycles. The van der Waals surface area contributed by atoms with Crippen LogP contribution in [0.4, 0.5) is 0 Å². The summed E-state index contributed by atoms with van der Waals surface area (Å²) in [6.45, 7) is 7.23. The molecule has 0 radical (unpaired) electrons. The average molecular weight is 421 g/mol. The highest BCUT2D eigenvalue weighted by Gasteiger charge is 2.30. The van der Waals surface area contributed by atoms with Gasteiger partial charge in [-0.1, -0.05) is 36.6 Å². The summed E-state index contributed by atoms with van der Waals surface area (Å²) in [5, 5.41) is 4.11. The van der Waals surface area contributed by atoms with Crippen LogP contribution in [-0.4, -0.2) is 49.7 Å². The maximum atomic E-state index is 12.6. The van der Waals surface area contributed by atoms with Crippen LogP contribution in [-0.2, 0) is 16.0 Å². The number of hydrogen-bond acceptors (Lipinski definition) is 3. The molecule has 1 N–H and O–H groups in total. The molecular weight excluding hydrogens is 384 g/mol. The van der Waals surface area contributed by atoms with E-state index in [-0.39, 0.29) is 5.91 Å². The molecule has 1 unspecified atom stereocenters. The van der Waals surface area contributed by atoms with Gasteiger partial charge in [0.05, 0.1) is 6.61 Å². The summed E-state index contributed by atoms with van der Waals surface area (Å²) >= 11 is 5.94. The van der Waals surface area contributed by atoms with Crippen LogP contribution in [0.1, 0.15) is 57.4 Å². The highest BCUT2D eigenvalue weighted by atomic mass is 35.5. The van der Waals surface area contributed by atoms with E-state index in [0.717, 1.165) is 44.2 Å². The van der Waals surface area contributed by atoms with Crippen LogP contribution in [0.3, 0.4) is 0 Å². The quantitative estimate of drug-likeness (QED) is 0.629. The first-order valence-corrected chi connectivity index (χ1v) is 11.9.